The maximum Gasteiger partial charge on any atom is 0.236 e. The number of rotatable bonds is 6. The molecule has 1 aromatic carbocycles. The van der Waals surface area contributed by atoms with Crippen LogP contribution in [0.3, 0.4) is 0 Å². The zero-order valence-electron chi connectivity index (χ0n) is 12.6. The first-order valence-corrected chi connectivity index (χ1v) is 7.73. The lowest BCUT2D eigenvalue weighted by Crippen LogP contribution is -2.40. The average Bonchev–Trinajstić information content (AvgIpc) is 3.04. The first-order valence-electron chi connectivity index (χ1n) is 7.73. The zero-order chi connectivity index (χ0) is 15.1. The quantitative estimate of drug-likeness (QED) is 0.873. The molecule has 2 rings (SSSR count). The van der Waals surface area contributed by atoms with Crippen LogP contribution in [0.4, 0.5) is 0 Å². The number of amides is 1. The number of carbonyl (C=O) groups is 1. The largest absolute Gasteiger partial charge is 0.337 e. The molecule has 0 spiro atoms. The monoisotopic (exact) mass is 285 g/mol. The summed E-state index contributed by atoms with van der Waals surface area (Å²) in [5.74, 6) is 0.108. The van der Waals surface area contributed by atoms with E-state index in [0.717, 1.165) is 5.56 Å². The molecular formula is C17H23N3O. The number of hydrogen-bond donors (Lipinski definition) is 1. The molecule has 0 atom stereocenters. The first kappa shape index (κ1) is 15.5. The molecule has 4 heteroatoms. The predicted molar refractivity (Wildman–Crippen MR) is 82.5 cm³/mol. The Morgan fingerprint density at radius 3 is 2.76 bits per heavy atom. The lowest BCUT2D eigenvalue weighted by Gasteiger charge is -2.23. The van der Waals surface area contributed by atoms with Crippen LogP contribution >= 0.6 is 0 Å². The number of nitrogens with one attached hydrogen (secondary N) is 1. The van der Waals surface area contributed by atoms with Gasteiger partial charge in [0.05, 0.1) is 18.2 Å². The molecule has 0 aromatic heterocycles. The van der Waals surface area contributed by atoms with Gasteiger partial charge >= 0.3 is 0 Å². The maximum absolute atomic E-state index is 12.3. The van der Waals surface area contributed by atoms with Gasteiger partial charge in [0.1, 0.15) is 0 Å². The van der Waals surface area contributed by atoms with Crippen LogP contribution < -0.4 is 5.32 Å². The molecule has 21 heavy (non-hydrogen) atoms. The smallest absolute Gasteiger partial charge is 0.236 e. The van der Waals surface area contributed by atoms with Gasteiger partial charge in [-0.15, -0.1) is 0 Å². The molecule has 0 unspecified atom stereocenters. The Kier molecular flexibility index (Phi) is 5.77. The lowest BCUT2D eigenvalue weighted by molar-refractivity contribution is -0.130. The molecule has 1 aromatic rings. The van der Waals surface area contributed by atoms with Crippen LogP contribution in [0.5, 0.6) is 0 Å². The van der Waals surface area contributed by atoms with E-state index >= 15 is 0 Å². The minimum Gasteiger partial charge on any atom is -0.337 e. The molecule has 4 nitrogen and oxygen atoms in total. The van der Waals surface area contributed by atoms with Gasteiger partial charge in [-0.3, -0.25) is 4.79 Å². The summed E-state index contributed by atoms with van der Waals surface area (Å²) in [7, 11) is 0. The second kappa shape index (κ2) is 7.80. The summed E-state index contributed by atoms with van der Waals surface area (Å²) in [4.78, 5) is 14.1. The highest BCUT2D eigenvalue weighted by molar-refractivity contribution is 5.78. The van der Waals surface area contributed by atoms with E-state index in [-0.39, 0.29) is 5.91 Å². The highest BCUT2D eigenvalue weighted by Crippen LogP contribution is 2.17. The summed E-state index contributed by atoms with van der Waals surface area (Å²) < 4.78 is 0. The fourth-order valence-corrected chi connectivity index (χ4v) is 2.82. The van der Waals surface area contributed by atoms with Crippen LogP contribution in [0.25, 0.3) is 0 Å². The minimum atomic E-state index is 0.108. The van der Waals surface area contributed by atoms with E-state index in [1.54, 1.807) is 11.0 Å². The van der Waals surface area contributed by atoms with Crippen molar-refractivity contribution < 1.29 is 4.79 Å². The zero-order valence-corrected chi connectivity index (χ0v) is 12.6. The number of carbonyl (C=O) groups excluding carboxylic acids is 1. The summed E-state index contributed by atoms with van der Waals surface area (Å²) in [6, 6.07) is 10.2. The topological polar surface area (TPSA) is 56.1 Å². The Labute approximate surface area is 126 Å². The molecule has 1 aliphatic rings. The van der Waals surface area contributed by atoms with Crippen molar-refractivity contribution >= 4 is 5.91 Å². The fraction of sp³-hybridized carbons (Fsp3) is 0.529. The van der Waals surface area contributed by atoms with Gasteiger partial charge in [0.25, 0.3) is 0 Å². The van der Waals surface area contributed by atoms with Crippen molar-refractivity contribution in [1.29, 1.82) is 5.26 Å². The van der Waals surface area contributed by atoms with E-state index in [0.29, 0.717) is 31.2 Å². The summed E-state index contributed by atoms with van der Waals surface area (Å²) in [5, 5.41) is 12.5. The molecule has 0 heterocycles. The molecule has 1 N–H and O–H groups in total. The predicted octanol–water partition coefficient (Wildman–Crippen LogP) is 2.44. The first-order chi connectivity index (χ1) is 10.2. The van der Waals surface area contributed by atoms with Gasteiger partial charge in [-0.05, 0) is 31.4 Å². The third-order valence-electron chi connectivity index (χ3n) is 4.13. The number of hydrogen-bond acceptors (Lipinski definition) is 3. The molecule has 112 valence electrons. The van der Waals surface area contributed by atoms with Gasteiger partial charge < -0.3 is 10.2 Å². The van der Waals surface area contributed by atoms with Gasteiger partial charge in [0.15, 0.2) is 0 Å². The Hall–Kier alpha value is -1.86. The van der Waals surface area contributed by atoms with Gasteiger partial charge in [0, 0.05) is 19.1 Å². The Balaban J connectivity index is 1.92. The highest BCUT2D eigenvalue weighted by Gasteiger charge is 2.18. The van der Waals surface area contributed by atoms with Crippen LogP contribution in [0.2, 0.25) is 0 Å². The molecule has 0 saturated heterocycles. The van der Waals surface area contributed by atoms with Crippen molar-refractivity contribution in [1.82, 2.24) is 10.2 Å². The SMILES string of the molecule is CCN(Cc1ccccc1C#N)C(=O)CNC1CCCC1. The minimum absolute atomic E-state index is 0.108. The van der Waals surface area contributed by atoms with Gasteiger partial charge in [-0.1, -0.05) is 31.0 Å². The van der Waals surface area contributed by atoms with Crippen molar-refractivity contribution in [3.8, 4) is 6.07 Å². The third-order valence-corrected chi connectivity index (χ3v) is 4.13. The van der Waals surface area contributed by atoms with Crippen LogP contribution in [-0.2, 0) is 11.3 Å². The van der Waals surface area contributed by atoms with Gasteiger partial charge in [-0.25, -0.2) is 0 Å². The number of nitrogens with zero attached hydrogens (tertiary/aromatic N) is 2. The van der Waals surface area contributed by atoms with E-state index in [1.807, 2.05) is 25.1 Å². The average molecular weight is 285 g/mol. The standard InChI is InChI=1S/C17H23N3O/c1-2-20(13-15-8-4-3-7-14(15)11-18)17(21)12-19-16-9-5-6-10-16/h3-4,7-8,16,19H,2,5-6,9-10,12-13H2,1H3. The third kappa shape index (κ3) is 4.30. The van der Waals surface area contributed by atoms with Crippen molar-refractivity contribution in [2.45, 2.75) is 45.2 Å². The molecule has 0 aliphatic heterocycles. The molecule has 1 amide bonds. The van der Waals surface area contributed by atoms with Crippen LogP contribution in [0, 0.1) is 11.3 Å². The molecule has 1 fully saturated rings. The van der Waals surface area contributed by atoms with Gasteiger partial charge in [0.2, 0.25) is 5.91 Å². The molecule has 1 aliphatic carbocycles. The van der Waals surface area contributed by atoms with Crippen LogP contribution in [0.1, 0.15) is 43.7 Å². The van der Waals surface area contributed by atoms with Crippen molar-refractivity contribution in [2.75, 3.05) is 13.1 Å². The summed E-state index contributed by atoms with van der Waals surface area (Å²) >= 11 is 0. The highest BCUT2D eigenvalue weighted by atomic mass is 16.2. The normalized spacial score (nSPS) is 14.9. The second-order valence-electron chi connectivity index (χ2n) is 5.54. The van der Waals surface area contributed by atoms with E-state index in [9.17, 15) is 4.79 Å². The molecular weight excluding hydrogens is 262 g/mol. The Morgan fingerprint density at radius 1 is 1.38 bits per heavy atom. The number of benzene rings is 1. The van der Waals surface area contributed by atoms with Crippen molar-refractivity contribution in [3.63, 3.8) is 0 Å². The van der Waals surface area contributed by atoms with Crippen molar-refractivity contribution in [2.24, 2.45) is 0 Å². The summed E-state index contributed by atoms with van der Waals surface area (Å²) in [6.07, 6.45) is 4.88. The van der Waals surface area contributed by atoms with E-state index in [2.05, 4.69) is 11.4 Å². The Morgan fingerprint density at radius 2 is 2.10 bits per heavy atom. The van der Waals surface area contributed by atoms with Crippen LogP contribution in [0.15, 0.2) is 24.3 Å². The molecule has 1 saturated carbocycles. The maximum atomic E-state index is 12.3. The lowest BCUT2D eigenvalue weighted by atomic mass is 10.1. The Bertz CT molecular complexity index is 515. The summed E-state index contributed by atoms with van der Waals surface area (Å²) in [6.45, 7) is 3.53. The van der Waals surface area contributed by atoms with Crippen LogP contribution in [-0.4, -0.2) is 29.9 Å². The van der Waals surface area contributed by atoms with Gasteiger partial charge in [-0.2, -0.15) is 5.26 Å². The van der Waals surface area contributed by atoms with Crippen molar-refractivity contribution in [3.05, 3.63) is 35.4 Å². The fourth-order valence-electron chi connectivity index (χ4n) is 2.82. The number of nitriles is 1. The molecule has 0 radical (unpaired) electrons. The number of likely N-dealkylation sites (N-methyl/N-ethyl adjacent to an activating group) is 1. The van der Waals surface area contributed by atoms with E-state index in [1.165, 1.54) is 25.7 Å². The second-order valence-corrected chi connectivity index (χ2v) is 5.54. The van der Waals surface area contributed by atoms with E-state index in [4.69, 9.17) is 5.26 Å². The summed E-state index contributed by atoms with van der Waals surface area (Å²) in [5.41, 5.74) is 1.56. The van der Waals surface area contributed by atoms with E-state index < -0.39 is 0 Å². The molecule has 0 bridgehead atoms.